The zero-order valence-electron chi connectivity index (χ0n) is 11.1. The Morgan fingerprint density at radius 3 is 2.55 bits per heavy atom. The molecule has 0 aliphatic rings. The van der Waals surface area contributed by atoms with Gasteiger partial charge in [0, 0.05) is 15.8 Å². The van der Waals surface area contributed by atoms with E-state index in [9.17, 15) is 9.59 Å². The molecular weight excluding hydrogens is 371 g/mol. The number of esters is 1. The van der Waals surface area contributed by atoms with E-state index in [4.69, 9.17) is 11.3 Å². The largest absolute Gasteiger partial charge is 0.466 e. The van der Waals surface area contributed by atoms with Crippen LogP contribution in [0.1, 0.15) is 13.3 Å². The Labute approximate surface area is 131 Å². The van der Waals surface area contributed by atoms with Crippen molar-refractivity contribution in [1.29, 1.82) is 0 Å². The fourth-order valence-corrected chi connectivity index (χ4v) is 1.97. The summed E-state index contributed by atoms with van der Waals surface area (Å²) in [5, 5.41) is 0. The third-order valence-corrected chi connectivity index (χ3v) is 3.22. The number of ether oxygens (including phenoxy) is 1. The lowest BCUT2D eigenvalue weighted by Gasteiger charge is -2.20. The topological polar surface area (TPSA) is 51.0 Å². The molecule has 5 nitrogen and oxygen atoms in total. The summed E-state index contributed by atoms with van der Waals surface area (Å²) in [6.45, 7) is 8.83. The molecule has 0 atom stereocenters. The summed E-state index contributed by atoms with van der Waals surface area (Å²) in [6.07, 6.45) is 0.115. The highest BCUT2D eigenvalue weighted by Gasteiger charge is 2.19. The monoisotopic (exact) mass is 386 g/mol. The summed E-state index contributed by atoms with van der Waals surface area (Å²) >= 11 is 2.17. The predicted molar refractivity (Wildman–Crippen MR) is 84.2 cm³/mol. The molecule has 0 saturated heterocycles. The summed E-state index contributed by atoms with van der Waals surface area (Å²) in [5.74, 6) is -0.663. The van der Waals surface area contributed by atoms with Gasteiger partial charge >= 0.3 is 11.9 Å². The maximum Gasteiger partial charge on any atom is 0.307 e. The minimum absolute atomic E-state index is 0.115. The smallest absolute Gasteiger partial charge is 0.307 e. The van der Waals surface area contributed by atoms with Gasteiger partial charge in [-0.3, -0.25) is 9.59 Å². The lowest BCUT2D eigenvalue weighted by Crippen LogP contribution is -2.34. The number of hydrogen-bond acceptors (Lipinski definition) is 3. The molecule has 106 valence electrons. The number of carbonyl (C=O) groups is 2. The molecule has 0 radical (unpaired) electrons. The highest BCUT2D eigenvalue weighted by Crippen LogP contribution is 2.17. The van der Waals surface area contributed by atoms with Gasteiger partial charge in [0.15, 0.2) is 0 Å². The van der Waals surface area contributed by atoms with Crippen LogP contribution in [0.15, 0.2) is 24.3 Å². The third kappa shape index (κ3) is 5.17. The van der Waals surface area contributed by atoms with Crippen LogP contribution in [-0.4, -0.2) is 31.6 Å². The van der Waals surface area contributed by atoms with Crippen LogP contribution in [0.4, 0.5) is 5.69 Å². The number of halogens is 1. The van der Waals surface area contributed by atoms with Crippen LogP contribution in [0.3, 0.4) is 0 Å². The molecule has 0 N–H and O–H groups in total. The first-order valence-corrected chi connectivity index (χ1v) is 7.21. The average molecular weight is 386 g/mol. The molecule has 0 saturated carbocycles. The molecule has 1 aromatic rings. The maximum atomic E-state index is 12.0. The van der Waals surface area contributed by atoms with Gasteiger partial charge < -0.3 is 14.5 Å². The highest BCUT2D eigenvalue weighted by molar-refractivity contribution is 14.1. The number of anilines is 1. The number of hydrogen-bond donors (Lipinski definition) is 0. The summed E-state index contributed by atoms with van der Waals surface area (Å²) in [7, 11) is 0. The van der Waals surface area contributed by atoms with E-state index in [1.54, 1.807) is 19.1 Å². The normalized spacial score (nSPS) is 9.65. The Morgan fingerprint density at radius 1 is 1.35 bits per heavy atom. The van der Waals surface area contributed by atoms with Crippen molar-refractivity contribution in [3.63, 3.8) is 0 Å². The van der Waals surface area contributed by atoms with Crippen LogP contribution in [0.25, 0.3) is 4.85 Å². The van der Waals surface area contributed by atoms with E-state index in [0.717, 1.165) is 3.57 Å². The molecule has 0 spiro atoms. The second-order valence-corrected chi connectivity index (χ2v) is 5.14. The van der Waals surface area contributed by atoms with Crippen molar-refractivity contribution < 1.29 is 14.3 Å². The van der Waals surface area contributed by atoms with E-state index in [-0.39, 0.29) is 31.4 Å². The molecule has 0 aliphatic carbocycles. The Balaban J connectivity index is 2.80. The van der Waals surface area contributed by atoms with Gasteiger partial charge in [0.2, 0.25) is 0 Å². The van der Waals surface area contributed by atoms with Crippen LogP contribution >= 0.6 is 22.6 Å². The van der Waals surface area contributed by atoms with Gasteiger partial charge in [0.25, 0.3) is 6.54 Å². The number of benzene rings is 1. The summed E-state index contributed by atoms with van der Waals surface area (Å²) in [5.41, 5.74) is 0.684. The lowest BCUT2D eigenvalue weighted by atomic mass is 10.2. The minimum Gasteiger partial charge on any atom is -0.466 e. The van der Waals surface area contributed by atoms with E-state index in [0.29, 0.717) is 12.3 Å². The second kappa shape index (κ2) is 8.53. The quantitative estimate of drug-likeness (QED) is 0.429. The first-order chi connectivity index (χ1) is 9.58. The van der Waals surface area contributed by atoms with Crippen LogP contribution in [0.5, 0.6) is 0 Å². The van der Waals surface area contributed by atoms with Crippen molar-refractivity contribution in [2.45, 2.75) is 13.3 Å². The minimum atomic E-state index is -0.348. The van der Waals surface area contributed by atoms with E-state index < -0.39 is 0 Å². The SMILES string of the molecule is [C-]#[N+]CC(=O)N(CCC(=O)OCC)c1ccc(I)cc1. The number of rotatable bonds is 6. The summed E-state index contributed by atoms with van der Waals surface area (Å²) in [6, 6.07) is 7.35. The molecule has 0 bridgehead atoms. The van der Waals surface area contributed by atoms with Gasteiger partial charge in [0.1, 0.15) is 0 Å². The van der Waals surface area contributed by atoms with Crippen molar-refractivity contribution in [2.75, 3.05) is 24.6 Å². The second-order valence-electron chi connectivity index (χ2n) is 3.89. The van der Waals surface area contributed by atoms with Gasteiger partial charge in [0.05, 0.1) is 13.0 Å². The Kier molecular flexibility index (Phi) is 7.01. The van der Waals surface area contributed by atoms with E-state index in [2.05, 4.69) is 27.4 Å². The molecule has 1 rings (SSSR count). The maximum absolute atomic E-state index is 12.0. The molecule has 1 aromatic carbocycles. The first kappa shape index (κ1) is 16.4. The fourth-order valence-electron chi connectivity index (χ4n) is 1.61. The van der Waals surface area contributed by atoms with Crippen LogP contribution in [-0.2, 0) is 14.3 Å². The molecule has 6 heteroatoms. The van der Waals surface area contributed by atoms with Crippen molar-refractivity contribution in [3.05, 3.63) is 39.3 Å². The van der Waals surface area contributed by atoms with Gasteiger partial charge in [-0.2, -0.15) is 0 Å². The van der Waals surface area contributed by atoms with Crippen molar-refractivity contribution >= 4 is 40.2 Å². The predicted octanol–water partition coefficient (Wildman–Crippen LogP) is 2.50. The summed E-state index contributed by atoms with van der Waals surface area (Å²) in [4.78, 5) is 27.9. The summed E-state index contributed by atoms with van der Waals surface area (Å²) < 4.78 is 5.90. The molecule has 1 amide bonds. The number of carbonyl (C=O) groups excluding carboxylic acids is 2. The fraction of sp³-hybridized carbons (Fsp3) is 0.357. The van der Waals surface area contributed by atoms with Crippen molar-refractivity contribution in [1.82, 2.24) is 0 Å². The zero-order valence-corrected chi connectivity index (χ0v) is 13.3. The number of amides is 1. The van der Waals surface area contributed by atoms with Crippen LogP contribution < -0.4 is 4.90 Å². The molecular formula is C14H15IN2O3. The van der Waals surface area contributed by atoms with E-state index >= 15 is 0 Å². The Hall–Kier alpha value is -1.62. The Bertz CT molecular complexity index is 508. The number of nitrogens with zero attached hydrogens (tertiary/aromatic N) is 2. The zero-order chi connectivity index (χ0) is 15.0. The molecule has 0 aliphatic heterocycles. The van der Waals surface area contributed by atoms with Crippen molar-refractivity contribution in [2.24, 2.45) is 0 Å². The molecule has 0 fully saturated rings. The van der Waals surface area contributed by atoms with Crippen molar-refractivity contribution in [3.8, 4) is 0 Å². The third-order valence-electron chi connectivity index (χ3n) is 2.50. The van der Waals surface area contributed by atoms with Crippen LogP contribution in [0, 0.1) is 10.1 Å². The highest BCUT2D eigenvalue weighted by atomic mass is 127. The standard InChI is InChI=1S/C14H15IN2O3/c1-3-20-14(19)8-9-17(13(18)10-16-2)12-6-4-11(15)5-7-12/h4-7H,3,8-10H2,1H3. The Morgan fingerprint density at radius 2 is 2.00 bits per heavy atom. The van der Waals surface area contributed by atoms with Crippen LogP contribution in [0.2, 0.25) is 0 Å². The first-order valence-electron chi connectivity index (χ1n) is 6.13. The van der Waals surface area contributed by atoms with E-state index in [1.165, 1.54) is 4.90 Å². The molecule has 0 aromatic heterocycles. The van der Waals surface area contributed by atoms with Gasteiger partial charge in [-0.1, -0.05) is 0 Å². The molecule has 0 heterocycles. The van der Waals surface area contributed by atoms with Gasteiger partial charge in [-0.25, -0.2) is 6.57 Å². The van der Waals surface area contributed by atoms with E-state index in [1.807, 2.05) is 12.1 Å². The molecule has 20 heavy (non-hydrogen) atoms. The lowest BCUT2D eigenvalue weighted by molar-refractivity contribution is -0.142. The average Bonchev–Trinajstić information content (AvgIpc) is 2.41. The van der Waals surface area contributed by atoms with Gasteiger partial charge in [-0.15, -0.1) is 0 Å². The molecule has 0 unspecified atom stereocenters. The van der Waals surface area contributed by atoms with Gasteiger partial charge in [-0.05, 0) is 53.8 Å².